The Morgan fingerprint density at radius 1 is 1.24 bits per heavy atom. The Bertz CT molecular complexity index is 699. The highest BCUT2D eigenvalue weighted by Crippen LogP contribution is 2.40. The molecule has 2 atom stereocenters. The van der Waals surface area contributed by atoms with Crippen LogP contribution < -0.4 is 4.74 Å². The fourth-order valence-electron chi connectivity index (χ4n) is 4.40. The van der Waals surface area contributed by atoms with Crippen molar-refractivity contribution in [3.05, 3.63) is 29.8 Å². The number of rotatable bonds is 3. The number of carbonyl (C=O) groups is 2. The topological polar surface area (TPSA) is 73.3 Å². The molecule has 0 radical (unpaired) electrons. The van der Waals surface area contributed by atoms with E-state index in [9.17, 15) is 14.7 Å². The Hall–Kier alpha value is -1.96. The van der Waals surface area contributed by atoms with Gasteiger partial charge in [0.1, 0.15) is 11.3 Å². The third kappa shape index (κ3) is 2.46. The van der Waals surface area contributed by atoms with Crippen LogP contribution in [-0.4, -0.2) is 83.1 Å². The molecule has 4 rings (SSSR count). The Labute approximate surface area is 146 Å². The largest absolute Gasteiger partial charge is 0.497 e. The minimum absolute atomic E-state index is 0.142. The van der Waals surface area contributed by atoms with Gasteiger partial charge in [0.2, 0.25) is 5.91 Å². The van der Waals surface area contributed by atoms with Gasteiger partial charge < -0.3 is 14.7 Å². The van der Waals surface area contributed by atoms with Gasteiger partial charge in [0.05, 0.1) is 25.8 Å². The second-order valence-corrected chi connectivity index (χ2v) is 7.34. The zero-order valence-electron chi connectivity index (χ0n) is 14.5. The highest BCUT2D eigenvalue weighted by atomic mass is 16.5. The van der Waals surface area contributed by atoms with Crippen molar-refractivity contribution >= 4 is 11.8 Å². The van der Waals surface area contributed by atoms with Crippen LogP contribution in [0.4, 0.5) is 0 Å². The van der Waals surface area contributed by atoms with E-state index in [1.54, 1.807) is 7.11 Å². The first-order chi connectivity index (χ1) is 11.9. The normalized spacial score (nSPS) is 29.0. The molecule has 3 saturated heterocycles. The minimum Gasteiger partial charge on any atom is -0.497 e. The van der Waals surface area contributed by atoms with E-state index in [-0.39, 0.29) is 18.4 Å². The summed E-state index contributed by atoms with van der Waals surface area (Å²) in [5.74, 6) is 0.400. The van der Waals surface area contributed by atoms with Crippen molar-refractivity contribution in [2.45, 2.75) is 30.7 Å². The Morgan fingerprint density at radius 3 is 2.52 bits per heavy atom. The first-order valence-corrected chi connectivity index (χ1v) is 8.57. The Balaban J connectivity index is 1.62. The smallest absolute Gasteiger partial charge is 0.252 e. The van der Waals surface area contributed by atoms with Crippen molar-refractivity contribution in [3.63, 3.8) is 0 Å². The molecule has 0 aromatic heterocycles. The lowest BCUT2D eigenvalue weighted by Gasteiger charge is -2.57. The van der Waals surface area contributed by atoms with Gasteiger partial charge in [-0.1, -0.05) is 12.1 Å². The molecular weight excluding hydrogens is 322 g/mol. The van der Waals surface area contributed by atoms with Gasteiger partial charge in [0.15, 0.2) is 0 Å². The molecule has 3 heterocycles. The van der Waals surface area contributed by atoms with E-state index in [1.165, 1.54) is 4.90 Å². The third-order valence-electron chi connectivity index (χ3n) is 5.59. The summed E-state index contributed by atoms with van der Waals surface area (Å²) < 4.78 is 5.15. The van der Waals surface area contributed by atoms with Crippen LogP contribution in [0.3, 0.4) is 0 Å². The first kappa shape index (κ1) is 16.5. The lowest BCUT2D eigenvalue weighted by molar-refractivity contribution is -0.179. The molecule has 0 aliphatic carbocycles. The van der Waals surface area contributed by atoms with Crippen LogP contribution in [0.5, 0.6) is 5.75 Å². The maximum absolute atomic E-state index is 13.2. The standard InChI is InChI=1S/C18H23N3O4/c1-19-10-18(11-19)17(24)20(8-12-3-5-14(25-2)6-4-12)16(23)15-7-13(22)9-21(15)18/h3-6,13,15,22H,7-11H2,1-2H3. The van der Waals surface area contributed by atoms with Crippen LogP contribution in [0, 0.1) is 0 Å². The van der Waals surface area contributed by atoms with Crippen LogP contribution >= 0.6 is 0 Å². The maximum Gasteiger partial charge on any atom is 0.252 e. The Kier molecular flexibility index (Phi) is 3.82. The fraction of sp³-hybridized carbons (Fsp3) is 0.556. The van der Waals surface area contributed by atoms with Crippen LogP contribution in [0.2, 0.25) is 0 Å². The SMILES string of the molecule is COc1ccc(CN2C(=O)C3CC(O)CN3C3(CN(C)C3)C2=O)cc1. The third-order valence-corrected chi connectivity index (χ3v) is 5.59. The average molecular weight is 345 g/mol. The van der Waals surface area contributed by atoms with Gasteiger partial charge in [-0.2, -0.15) is 0 Å². The van der Waals surface area contributed by atoms with Crippen LogP contribution in [0.25, 0.3) is 0 Å². The van der Waals surface area contributed by atoms with Gasteiger partial charge in [-0.05, 0) is 31.2 Å². The molecule has 2 unspecified atom stereocenters. The zero-order chi connectivity index (χ0) is 17.8. The van der Waals surface area contributed by atoms with Gasteiger partial charge in [-0.3, -0.25) is 19.4 Å². The molecule has 3 aliphatic rings. The number of likely N-dealkylation sites (N-methyl/N-ethyl adjacent to an activating group) is 1. The number of methoxy groups -OCH3 is 1. The van der Waals surface area contributed by atoms with Crippen LogP contribution in [-0.2, 0) is 16.1 Å². The predicted octanol–water partition coefficient (Wildman–Crippen LogP) is -0.317. The van der Waals surface area contributed by atoms with Gasteiger partial charge >= 0.3 is 0 Å². The summed E-state index contributed by atoms with van der Waals surface area (Å²) in [7, 11) is 3.56. The number of hydrogen-bond donors (Lipinski definition) is 1. The summed E-state index contributed by atoms with van der Waals surface area (Å²) in [4.78, 5) is 31.5. The number of nitrogens with zero attached hydrogens (tertiary/aromatic N) is 3. The minimum atomic E-state index is -0.669. The molecule has 3 fully saturated rings. The first-order valence-electron chi connectivity index (χ1n) is 8.57. The van der Waals surface area contributed by atoms with Crippen molar-refractivity contribution in [2.24, 2.45) is 0 Å². The Morgan fingerprint density at radius 2 is 1.92 bits per heavy atom. The van der Waals surface area contributed by atoms with Gasteiger partial charge in [0, 0.05) is 19.6 Å². The van der Waals surface area contributed by atoms with Crippen LogP contribution in [0.15, 0.2) is 24.3 Å². The fourth-order valence-corrected chi connectivity index (χ4v) is 4.40. The lowest BCUT2D eigenvalue weighted by atomic mass is 9.83. The number of fused-ring (bicyclic) bond motifs is 2. The molecule has 7 heteroatoms. The number of imide groups is 1. The number of amides is 2. The molecule has 1 N–H and O–H groups in total. The van der Waals surface area contributed by atoms with E-state index >= 15 is 0 Å². The second-order valence-electron chi connectivity index (χ2n) is 7.34. The van der Waals surface area contributed by atoms with E-state index < -0.39 is 17.7 Å². The van der Waals surface area contributed by atoms with Crippen molar-refractivity contribution in [1.82, 2.24) is 14.7 Å². The summed E-state index contributed by atoms with van der Waals surface area (Å²) in [6.07, 6.45) is -0.151. The number of hydrogen-bond acceptors (Lipinski definition) is 6. The number of benzene rings is 1. The lowest BCUT2D eigenvalue weighted by Crippen LogP contribution is -2.80. The summed E-state index contributed by atoms with van der Waals surface area (Å²) >= 11 is 0. The molecule has 3 aliphatic heterocycles. The predicted molar refractivity (Wildman–Crippen MR) is 89.9 cm³/mol. The average Bonchev–Trinajstić information content (AvgIpc) is 2.97. The number of β-amino-alcohol motifs (C(OH)–C–C–N with tert-alkyl or cyclic N) is 1. The number of aliphatic hydroxyl groups excluding tert-OH is 1. The molecule has 134 valence electrons. The number of carbonyl (C=O) groups excluding carboxylic acids is 2. The summed E-state index contributed by atoms with van der Waals surface area (Å²) in [6, 6.07) is 6.99. The number of aliphatic hydroxyl groups is 1. The molecule has 0 bridgehead atoms. The highest BCUT2D eigenvalue weighted by Gasteiger charge is 2.63. The molecule has 25 heavy (non-hydrogen) atoms. The van der Waals surface area contributed by atoms with Crippen molar-refractivity contribution < 1.29 is 19.4 Å². The molecule has 0 saturated carbocycles. The summed E-state index contributed by atoms with van der Waals surface area (Å²) in [6.45, 7) is 1.85. The van der Waals surface area contributed by atoms with Crippen LogP contribution in [0.1, 0.15) is 12.0 Å². The quantitative estimate of drug-likeness (QED) is 0.757. The van der Waals surface area contributed by atoms with E-state index in [1.807, 2.05) is 36.2 Å². The summed E-state index contributed by atoms with van der Waals surface area (Å²) in [5, 5.41) is 10.1. The second kappa shape index (κ2) is 5.79. The van der Waals surface area contributed by atoms with Crippen molar-refractivity contribution in [1.29, 1.82) is 0 Å². The van der Waals surface area contributed by atoms with Crippen molar-refractivity contribution in [2.75, 3.05) is 33.8 Å². The van der Waals surface area contributed by atoms with Gasteiger partial charge in [-0.25, -0.2) is 0 Å². The van der Waals surface area contributed by atoms with E-state index in [2.05, 4.69) is 4.90 Å². The molecule has 2 amide bonds. The number of likely N-dealkylation sites (tertiary alicyclic amines) is 1. The highest BCUT2D eigenvalue weighted by molar-refractivity contribution is 6.06. The maximum atomic E-state index is 13.2. The molecule has 1 aromatic carbocycles. The van der Waals surface area contributed by atoms with Gasteiger partial charge in [-0.15, -0.1) is 0 Å². The summed E-state index contributed by atoms with van der Waals surface area (Å²) in [5.41, 5.74) is 0.217. The van der Waals surface area contributed by atoms with E-state index in [4.69, 9.17) is 4.74 Å². The van der Waals surface area contributed by atoms with Gasteiger partial charge in [0.25, 0.3) is 5.91 Å². The monoisotopic (exact) mass is 345 g/mol. The molecular formula is C18H23N3O4. The van der Waals surface area contributed by atoms with Crippen molar-refractivity contribution in [3.8, 4) is 5.75 Å². The number of ether oxygens (including phenoxy) is 1. The molecule has 7 nitrogen and oxygen atoms in total. The van der Waals surface area contributed by atoms with E-state index in [0.717, 1.165) is 11.3 Å². The number of piperazine rings is 1. The molecule has 1 spiro atoms. The zero-order valence-corrected chi connectivity index (χ0v) is 14.5. The van der Waals surface area contributed by atoms with E-state index in [0.29, 0.717) is 26.1 Å². The molecule has 1 aromatic rings.